The molecule has 0 atom stereocenters. The van der Waals surface area contributed by atoms with Crippen LogP contribution in [0, 0.1) is 0 Å². The van der Waals surface area contributed by atoms with E-state index in [1.54, 1.807) is 6.92 Å². The third-order valence-corrected chi connectivity index (χ3v) is 3.73. The van der Waals surface area contributed by atoms with Crippen molar-refractivity contribution in [1.29, 1.82) is 0 Å². The molecule has 0 radical (unpaired) electrons. The zero-order valence-corrected chi connectivity index (χ0v) is 8.97. The van der Waals surface area contributed by atoms with Crippen LogP contribution in [-0.4, -0.2) is 32.5 Å². The van der Waals surface area contributed by atoms with Crippen LogP contribution in [0.3, 0.4) is 0 Å². The van der Waals surface area contributed by atoms with E-state index in [9.17, 15) is 13.2 Å². The lowest BCUT2D eigenvalue weighted by Gasteiger charge is -2.13. The maximum Gasteiger partial charge on any atom is 0.330 e. The fraction of sp³-hybridized carbons (Fsp3) is 0.667. The minimum atomic E-state index is -2.86. The third-order valence-electron chi connectivity index (χ3n) is 2.08. The van der Waals surface area contributed by atoms with Crippen LogP contribution in [0.25, 0.3) is 0 Å². The van der Waals surface area contributed by atoms with Gasteiger partial charge in [-0.3, -0.25) is 0 Å². The van der Waals surface area contributed by atoms with Crippen molar-refractivity contribution in [2.45, 2.75) is 19.8 Å². The molecule has 1 saturated heterocycles. The van der Waals surface area contributed by atoms with Crippen LogP contribution in [0.4, 0.5) is 0 Å². The fourth-order valence-corrected chi connectivity index (χ4v) is 2.65. The monoisotopic (exact) mass is 218 g/mol. The molecule has 0 saturated carbocycles. The third kappa shape index (κ3) is 3.49. The Hall–Kier alpha value is -0.840. The first-order chi connectivity index (χ1) is 6.53. The molecular formula is C9H14O4S. The second-order valence-electron chi connectivity index (χ2n) is 3.21. The number of rotatable bonds is 2. The zero-order valence-electron chi connectivity index (χ0n) is 8.15. The molecular weight excluding hydrogens is 204 g/mol. The molecule has 4 nitrogen and oxygen atoms in total. The molecule has 1 aliphatic heterocycles. The van der Waals surface area contributed by atoms with E-state index in [-0.39, 0.29) is 17.5 Å². The van der Waals surface area contributed by atoms with E-state index in [0.717, 1.165) is 5.57 Å². The molecule has 1 rings (SSSR count). The standard InChI is InChI=1S/C9H14O4S/c1-2-13-9(10)7-8-3-5-14(11,12)6-4-8/h7H,2-6H2,1H3. The SMILES string of the molecule is CCOC(=O)C=C1CCS(=O)(=O)CC1. The lowest BCUT2D eigenvalue weighted by atomic mass is 10.1. The highest BCUT2D eigenvalue weighted by molar-refractivity contribution is 7.91. The number of hydrogen-bond donors (Lipinski definition) is 0. The van der Waals surface area contributed by atoms with Gasteiger partial charge in [-0.15, -0.1) is 0 Å². The highest BCUT2D eigenvalue weighted by atomic mass is 32.2. The number of carbonyl (C=O) groups is 1. The van der Waals surface area contributed by atoms with Crippen molar-refractivity contribution in [3.63, 3.8) is 0 Å². The molecule has 0 amide bonds. The molecule has 0 aromatic carbocycles. The highest BCUT2D eigenvalue weighted by Crippen LogP contribution is 2.17. The Morgan fingerprint density at radius 3 is 2.50 bits per heavy atom. The number of hydrogen-bond acceptors (Lipinski definition) is 4. The number of esters is 1. The largest absolute Gasteiger partial charge is 0.463 e. The molecule has 1 aliphatic rings. The zero-order chi connectivity index (χ0) is 10.6. The van der Waals surface area contributed by atoms with Crippen LogP contribution in [0.15, 0.2) is 11.6 Å². The number of sulfone groups is 1. The van der Waals surface area contributed by atoms with E-state index in [2.05, 4.69) is 0 Å². The summed E-state index contributed by atoms with van der Waals surface area (Å²) in [5.41, 5.74) is 0.873. The second kappa shape index (κ2) is 4.59. The van der Waals surface area contributed by atoms with Gasteiger partial charge in [-0.05, 0) is 19.8 Å². The summed E-state index contributed by atoms with van der Waals surface area (Å²) in [6.45, 7) is 2.09. The van der Waals surface area contributed by atoms with Crippen molar-refractivity contribution in [2.75, 3.05) is 18.1 Å². The summed E-state index contributed by atoms with van der Waals surface area (Å²) in [7, 11) is -2.86. The quantitative estimate of drug-likeness (QED) is 0.505. The van der Waals surface area contributed by atoms with Crippen LogP contribution in [0.5, 0.6) is 0 Å². The van der Waals surface area contributed by atoms with Gasteiger partial charge in [0.2, 0.25) is 0 Å². The molecule has 0 unspecified atom stereocenters. The maximum absolute atomic E-state index is 11.1. The second-order valence-corrected chi connectivity index (χ2v) is 5.51. The van der Waals surface area contributed by atoms with Crippen molar-refractivity contribution in [3.8, 4) is 0 Å². The van der Waals surface area contributed by atoms with Gasteiger partial charge in [0.15, 0.2) is 9.84 Å². The van der Waals surface area contributed by atoms with Crippen molar-refractivity contribution in [3.05, 3.63) is 11.6 Å². The average molecular weight is 218 g/mol. The molecule has 5 heteroatoms. The molecule has 14 heavy (non-hydrogen) atoms. The molecule has 80 valence electrons. The van der Waals surface area contributed by atoms with Gasteiger partial charge >= 0.3 is 5.97 Å². The molecule has 0 aliphatic carbocycles. The number of allylic oxidation sites excluding steroid dienone is 1. The van der Waals surface area contributed by atoms with Crippen LogP contribution in [-0.2, 0) is 19.4 Å². The minimum absolute atomic E-state index is 0.151. The number of ether oxygens (including phenoxy) is 1. The van der Waals surface area contributed by atoms with E-state index in [0.29, 0.717) is 19.4 Å². The Bertz CT molecular complexity index is 324. The number of carbonyl (C=O) groups excluding carboxylic acids is 1. The van der Waals surface area contributed by atoms with Gasteiger partial charge in [-0.2, -0.15) is 0 Å². The summed E-state index contributed by atoms with van der Waals surface area (Å²) in [4.78, 5) is 11.0. The van der Waals surface area contributed by atoms with Gasteiger partial charge in [0, 0.05) is 6.08 Å². The lowest BCUT2D eigenvalue weighted by Crippen LogP contribution is -2.18. The van der Waals surface area contributed by atoms with Crippen LogP contribution in [0.2, 0.25) is 0 Å². The summed E-state index contributed by atoms with van der Waals surface area (Å²) in [6.07, 6.45) is 2.33. The van der Waals surface area contributed by atoms with Gasteiger partial charge in [0.05, 0.1) is 18.1 Å². The summed E-state index contributed by atoms with van der Waals surface area (Å²) >= 11 is 0. The van der Waals surface area contributed by atoms with Gasteiger partial charge in [0.1, 0.15) is 0 Å². The van der Waals surface area contributed by atoms with Crippen molar-refractivity contribution in [2.24, 2.45) is 0 Å². The summed E-state index contributed by atoms with van der Waals surface area (Å²) in [5.74, 6) is -0.0713. The Morgan fingerprint density at radius 2 is 2.00 bits per heavy atom. The molecule has 0 aromatic rings. The maximum atomic E-state index is 11.1. The Morgan fingerprint density at radius 1 is 1.43 bits per heavy atom. The summed E-state index contributed by atoms with van der Waals surface area (Å²) in [5, 5.41) is 0. The molecule has 1 heterocycles. The van der Waals surface area contributed by atoms with Gasteiger partial charge in [0.25, 0.3) is 0 Å². The van der Waals surface area contributed by atoms with Gasteiger partial charge in [-0.1, -0.05) is 5.57 Å². The van der Waals surface area contributed by atoms with Gasteiger partial charge in [-0.25, -0.2) is 13.2 Å². The molecule has 0 spiro atoms. The first-order valence-corrected chi connectivity index (χ1v) is 6.42. The van der Waals surface area contributed by atoms with E-state index in [1.807, 2.05) is 0 Å². The predicted molar refractivity (Wildman–Crippen MR) is 52.6 cm³/mol. The van der Waals surface area contributed by atoms with Crippen LogP contribution >= 0.6 is 0 Å². The average Bonchev–Trinajstić information content (AvgIpc) is 2.09. The topological polar surface area (TPSA) is 60.4 Å². The van der Waals surface area contributed by atoms with Gasteiger partial charge < -0.3 is 4.74 Å². The normalized spacial score (nSPS) is 20.2. The fourth-order valence-electron chi connectivity index (χ4n) is 1.30. The van der Waals surface area contributed by atoms with E-state index < -0.39 is 9.84 Å². The Balaban J connectivity index is 2.53. The summed E-state index contributed by atoms with van der Waals surface area (Å²) < 4.78 is 26.9. The highest BCUT2D eigenvalue weighted by Gasteiger charge is 2.19. The summed E-state index contributed by atoms with van der Waals surface area (Å²) in [6, 6.07) is 0. The lowest BCUT2D eigenvalue weighted by molar-refractivity contribution is -0.137. The molecule has 0 N–H and O–H groups in total. The first-order valence-electron chi connectivity index (χ1n) is 4.60. The molecule has 0 aromatic heterocycles. The van der Waals surface area contributed by atoms with Crippen LogP contribution < -0.4 is 0 Å². The van der Waals surface area contributed by atoms with E-state index >= 15 is 0 Å². The minimum Gasteiger partial charge on any atom is -0.463 e. The van der Waals surface area contributed by atoms with E-state index in [1.165, 1.54) is 6.08 Å². The Kier molecular flexibility index (Phi) is 3.69. The predicted octanol–water partition coefficient (Wildman–Crippen LogP) is 0.685. The Labute approximate surface area is 83.9 Å². The molecule has 1 fully saturated rings. The van der Waals surface area contributed by atoms with Crippen LogP contribution in [0.1, 0.15) is 19.8 Å². The van der Waals surface area contributed by atoms with E-state index in [4.69, 9.17) is 4.74 Å². The van der Waals surface area contributed by atoms with Crippen molar-refractivity contribution in [1.82, 2.24) is 0 Å². The smallest absolute Gasteiger partial charge is 0.330 e. The van der Waals surface area contributed by atoms with Crippen molar-refractivity contribution < 1.29 is 17.9 Å². The molecule has 0 bridgehead atoms. The van der Waals surface area contributed by atoms with Crippen molar-refractivity contribution >= 4 is 15.8 Å². The first kappa shape index (κ1) is 11.2.